The number of aromatic amines is 1. The Morgan fingerprint density at radius 3 is 2.21 bits per heavy atom. The van der Waals surface area contributed by atoms with E-state index in [1.54, 1.807) is 46.8 Å². The predicted molar refractivity (Wildman–Crippen MR) is 116 cm³/mol. The van der Waals surface area contributed by atoms with Crippen molar-refractivity contribution < 1.29 is 18.9 Å². The molecular formula is C19H19BrN4O4S. The summed E-state index contributed by atoms with van der Waals surface area (Å²) in [6, 6.07) is 9.19. The lowest BCUT2D eigenvalue weighted by molar-refractivity contribution is 0.324. The number of H-pyrrole nitrogens is 1. The van der Waals surface area contributed by atoms with Gasteiger partial charge < -0.3 is 18.9 Å². The van der Waals surface area contributed by atoms with E-state index in [0.29, 0.717) is 33.4 Å². The molecule has 0 fully saturated rings. The SMILES string of the molecule is COc1ccc(/C=N/n2c(-c3cc(OC)c(OC)c(OC)c3)n[nH]c2=S)cc1Br. The smallest absolute Gasteiger partial charge is 0.216 e. The van der Waals surface area contributed by atoms with E-state index in [-0.39, 0.29) is 0 Å². The molecule has 2 aromatic carbocycles. The molecule has 0 spiro atoms. The van der Waals surface area contributed by atoms with E-state index in [2.05, 4.69) is 31.2 Å². The first-order chi connectivity index (χ1) is 14.0. The molecular weight excluding hydrogens is 460 g/mol. The minimum absolute atomic E-state index is 0.345. The van der Waals surface area contributed by atoms with Crippen LogP contribution in [0.25, 0.3) is 11.4 Å². The number of hydrogen-bond donors (Lipinski definition) is 1. The Kier molecular flexibility index (Phi) is 6.55. The molecule has 3 rings (SSSR count). The topological polar surface area (TPSA) is 82.9 Å². The number of nitrogens with zero attached hydrogens (tertiary/aromatic N) is 3. The molecule has 0 saturated carbocycles. The zero-order valence-electron chi connectivity index (χ0n) is 16.2. The summed E-state index contributed by atoms with van der Waals surface area (Å²) in [7, 11) is 6.27. The van der Waals surface area contributed by atoms with Crippen molar-refractivity contribution in [3.8, 4) is 34.4 Å². The molecule has 0 atom stereocenters. The van der Waals surface area contributed by atoms with Gasteiger partial charge in [-0.15, -0.1) is 0 Å². The molecule has 1 N–H and O–H groups in total. The van der Waals surface area contributed by atoms with Gasteiger partial charge in [0.25, 0.3) is 0 Å². The molecule has 0 radical (unpaired) electrons. The Balaban J connectivity index is 2.04. The Hall–Kier alpha value is -2.85. The summed E-state index contributed by atoms with van der Waals surface area (Å²) in [6.45, 7) is 0. The third-order valence-electron chi connectivity index (χ3n) is 4.07. The largest absolute Gasteiger partial charge is 0.496 e. The van der Waals surface area contributed by atoms with Gasteiger partial charge in [0.2, 0.25) is 10.5 Å². The number of nitrogens with one attached hydrogen (secondary N) is 1. The van der Waals surface area contributed by atoms with E-state index in [1.165, 1.54) is 4.68 Å². The van der Waals surface area contributed by atoms with E-state index in [1.807, 2.05) is 18.2 Å². The molecule has 0 unspecified atom stereocenters. The van der Waals surface area contributed by atoms with Crippen LogP contribution in [0, 0.1) is 4.77 Å². The van der Waals surface area contributed by atoms with E-state index >= 15 is 0 Å². The van der Waals surface area contributed by atoms with E-state index in [0.717, 1.165) is 15.8 Å². The van der Waals surface area contributed by atoms with Crippen molar-refractivity contribution in [2.24, 2.45) is 5.10 Å². The van der Waals surface area contributed by atoms with E-state index in [9.17, 15) is 0 Å². The Morgan fingerprint density at radius 1 is 1.00 bits per heavy atom. The zero-order valence-corrected chi connectivity index (χ0v) is 18.6. The summed E-state index contributed by atoms with van der Waals surface area (Å²) < 4.78 is 24.1. The lowest BCUT2D eigenvalue weighted by Crippen LogP contribution is -1.99. The van der Waals surface area contributed by atoms with Crippen LogP contribution in [0.15, 0.2) is 39.9 Å². The lowest BCUT2D eigenvalue weighted by atomic mass is 10.1. The maximum absolute atomic E-state index is 5.42. The number of halogens is 1. The van der Waals surface area contributed by atoms with E-state index in [4.69, 9.17) is 31.2 Å². The highest BCUT2D eigenvalue weighted by atomic mass is 79.9. The highest BCUT2D eigenvalue weighted by molar-refractivity contribution is 9.10. The van der Waals surface area contributed by atoms with Gasteiger partial charge in [0, 0.05) is 5.56 Å². The average molecular weight is 479 g/mol. The first-order valence-corrected chi connectivity index (χ1v) is 9.58. The van der Waals surface area contributed by atoms with Crippen molar-refractivity contribution in [1.29, 1.82) is 0 Å². The zero-order chi connectivity index (χ0) is 21.0. The van der Waals surface area contributed by atoms with Crippen LogP contribution in [0.1, 0.15) is 5.56 Å². The van der Waals surface area contributed by atoms with Gasteiger partial charge in [0.05, 0.1) is 39.1 Å². The fraction of sp³-hybridized carbons (Fsp3) is 0.211. The van der Waals surface area contributed by atoms with Crippen LogP contribution >= 0.6 is 28.1 Å². The van der Waals surface area contributed by atoms with Crippen LogP contribution in [0.3, 0.4) is 0 Å². The second kappa shape index (κ2) is 9.10. The molecule has 0 saturated heterocycles. The van der Waals surface area contributed by atoms with Crippen LogP contribution in [0.2, 0.25) is 0 Å². The van der Waals surface area contributed by atoms with Gasteiger partial charge in [-0.3, -0.25) is 0 Å². The Morgan fingerprint density at radius 2 is 1.66 bits per heavy atom. The minimum Gasteiger partial charge on any atom is -0.496 e. The molecule has 8 nitrogen and oxygen atoms in total. The molecule has 29 heavy (non-hydrogen) atoms. The highest BCUT2D eigenvalue weighted by Crippen LogP contribution is 2.40. The van der Waals surface area contributed by atoms with Gasteiger partial charge in [-0.05, 0) is 64.0 Å². The average Bonchev–Trinajstić information content (AvgIpc) is 3.11. The minimum atomic E-state index is 0.345. The predicted octanol–water partition coefficient (Wildman–Crippen LogP) is 4.29. The van der Waals surface area contributed by atoms with Crippen LogP contribution in [0.5, 0.6) is 23.0 Å². The van der Waals surface area contributed by atoms with Gasteiger partial charge >= 0.3 is 0 Å². The van der Waals surface area contributed by atoms with Gasteiger partial charge in [-0.1, -0.05) is 0 Å². The summed E-state index contributed by atoms with van der Waals surface area (Å²) in [5, 5.41) is 11.5. The number of benzene rings is 2. The number of rotatable bonds is 7. The Bertz CT molecular complexity index is 1080. The summed E-state index contributed by atoms with van der Waals surface area (Å²) >= 11 is 8.80. The summed E-state index contributed by atoms with van der Waals surface area (Å²) in [5.41, 5.74) is 1.55. The molecule has 1 heterocycles. The van der Waals surface area contributed by atoms with Gasteiger partial charge in [0.15, 0.2) is 17.3 Å². The third kappa shape index (κ3) is 4.28. The fourth-order valence-electron chi connectivity index (χ4n) is 2.68. The van der Waals surface area contributed by atoms with E-state index < -0.39 is 0 Å². The second-order valence-electron chi connectivity index (χ2n) is 5.72. The quantitative estimate of drug-likeness (QED) is 0.402. The molecule has 0 aliphatic heterocycles. The fourth-order valence-corrected chi connectivity index (χ4v) is 3.42. The van der Waals surface area contributed by atoms with Crippen molar-refractivity contribution in [2.75, 3.05) is 28.4 Å². The Labute approximate surface area is 181 Å². The highest BCUT2D eigenvalue weighted by Gasteiger charge is 2.17. The molecule has 10 heteroatoms. The van der Waals surface area contributed by atoms with Crippen molar-refractivity contribution in [2.45, 2.75) is 0 Å². The van der Waals surface area contributed by atoms with Crippen LogP contribution in [-0.2, 0) is 0 Å². The van der Waals surface area contributed by atoms with Crippen LogP contribution in [0.4, 0.5) is 0 Å². The molecule has 0 aliphatic carbocycles. The lowest BCUT2D eigenvalue weighted by Gasteiger charge is -2.13. The van der Waals surface area contributed by atoms with Crippen molar-refractivity contribution >= 4 is 34.4 Å². The van der Waals surface area contributed by atoms with Gasteiger partial charge in [-0.25, -0.2) is 5.10 Å². The van der Waals surface area contributed by atoms with Crippen molar-refractivity contribution in [1.82, 2.24) is 14.9 Å². The maximum atomic E-state index is 5.42. The first kappa shape index (κ1) is 20.9. The van der Waals surface area contributed by atoms with Crippen LogP contribution in [-0.4, -0.2) is 49.5 Å². The molecule has 0 amide bonds. The summed E-state index contributed by atoms with van der Waals surface area (Å²) in [5.74, 6) is 2.74. The summed E-state index contributed by atoms with van der Waals surface area (Å²) in [6.07, 6.45) is 1.68. The summed E-state index contributed by atoms with van der Waals surface area (Å²) in [4.78, 5) is 0. The number of aromatic nitrogens is 3. The monoisotopic (exact) mass is 478 g/mol. The van der Waals surface area contributed by atoms with Crippen LogP contribution < -0.4 is 18.9 Å². The maximum Gasteiger partial charge on any atom is 0.216 e. The molecule has 152 valence electrons. The molecule has 1 aromatic heterocycles. The van der Waals surface area contributed by atoms with Gasteiger partial charge in [-0.2, -0.15) is 14.9 Å². The molecule has 0 aliphatic rings. The normalized spacial score (nSPS) is 10.9. The van der Waals surface area contributed by atoms with Crippen molar-refractivity contribution in [3.05, 3.63) is 45.1 Å². The number of ether oxygens (including phenoxy) is 4. The third-order valence-corrected chi connectivity index (χ3v) is 4.96. The number of hydrogen-bond acceptors (Lipinski definition) is 7. The standard InChI is InChI=1S/C19H19BrN4O4S/c1-25-14-6-5-11(7-13(14)20)10-21-24-18(22-23-19(24)29)12-8-15(26-2)17(28-4)16(9-12)27-3/h5-10H,1-4H3,(H,23,29)/b21-10+. The molecule has 3 aromatic rings. The second-order valence-corrected chi connectivity index (χ2v) is 6.96. The first-order valence-electron chi connectivity index (χ1n) is 8.38. The van der Waals surface area contributed by atoms with Crippen molar-refractivity contribution in [3.63, 3.8) is 0 Å². The number of methoxy groups -OCH3 is 4. The molecule has 0 bridgehead atoms. The van der Waals surface area contributed by atoms with Gasteiger partial charge in [0.1, 0.15) is 5.75 Å².